The molecule has 1 fully saturated rings. The van der Waals surface area contributed by atoms with E-state index in [1.807, 2.05) is 0 Å². The molecule has 0 radical (unpaired) electrons. The van der Waals surface area contributed by atoms with Crippen LogP contribution in [0, 0.1) is 5.41 Å². The quantitative estimate of drug-likeness (QED) is 0.755. The van der Waals surface area contributed by atoms with Gasteiger partial charge < -0.3 is 15.8 Å². The smallest absolute Gasteiger partial charge is 0.246 e. The van der Waals surface area contributed by atoms with E-state index in [1.165, 1.54) is 0 Å². The summed E-state index contributed by atoms with van der Waals surface area (Å²) in [6, 6.07) is 0.255. The second kappa shape index (κ2) is 7.41. The summed E-state index contributed by atoms with van der Waals surface area (Å²) >= 11 is 0. The first-order chi connectivity index (χ1) is 9.36. The fraction of sp³-hybridized carbons (Fsp3) is 0.938. The molecule has 0 aromatic rings. The summed E-state index contributed by atoms with van der Waals surface area (Å²) in [6.45, 7) is 9.37. The van der Waals surface area contributed by atoms with Crippen LogP contribution >= 0.6 is 0 Å². The van der Waals surface area contributed by atoms with Crippen molar-refractivity contribution in [3.05, 3.63) is 0 Å². The molecular formula is C16H32N2O2. The van der Waals surface area contributed by atoms with Gasteiger partial charge in [0, 0.05) is 12.6 Å². The number of nitrogens with one attached hydrogen (secondary N) is 1. The molecular weight excluding hydrogens is 252 g/mol. The van der Waals surface area contributed by atoms with Crippen LogP contribution in [0.1, 0.15) is 66.2 Å². The summed E-state index contributed by atoms with van der Waals surface area (Å²) in [4.78, 5) is 11.9. The van der Waals surface area contributed by atoms with E-state index in [4.69, 9.17) is 10.5 Å². The topological polar surface area (TPSA) is 64.3 Å². The molecule has 0 aromatic carbocycles. The van der Waals surface area contributed by atoms with E-state index < -0.39 is 0 Å². The van der Waals surface area contributed by atoms with Gasteiger partial charge in [-0.2, -0.15) is 0 Å². The molecule has 0 spiro atoms. The van der Waals surface area contributed by atoms with Gasteiger partial charge in [-0.25, -0.2) is 0 Å². The third kappa shape index (κ3) is 5.06. The van der Waals surface area contributed by atoms with Crippen molar-refractivity contribution in [1.29, 1.82) is 0 Å². The van der Waals surface area contributed by atoms with Gasteiger partial charge in [-0.3, -0.25) is 4.79 Å². The SMILES string of the molecule is CCC(CC)NC(=O)COC1(CN)CCC(C)(C)CC1. The molecule has 4 nitrogen and oxygen atoms in total. The molecule has 0 atom stereocenters. The van der Waals surface area contributed by atoms with Gasteiger partial charge in [0.2, 0.25) is 5.91 Å². The first-order valence-electron chi connectivity index (χ1n) is 8.00. The van der Waals surface area contributed by atoms with Gasteiger partial charge in [-0.15, -0.1) is 0 Å². The number of ether oxygens (including phenoxy) is 1. The molecule has 20 heavy (non-hydrogen) atoms. The maximum absolute atomic E-state index is 11.9. The number of carbonyl (C=O) groups is 1. The predicted octanol–water partition coefficient (Wildman–Crippen LogP) is 2.61. The molecule has 1 aliphatic carbocycles. The van der Waals surface area contributed by atoms with Crippen molar-refractivity contribution >= 4 is 5.91 Å². The van der Waals surface area contributed by atoms with Crippen LogP contribution < -0.4 is 11.1 Å². The van der Waals surface area contributed by atoms with E-state index in [0.717, 1.165) is 38.5 Å². The maximum atomic E-state index is 11.9. The summed E-state index contributed by atoms with van der Waals surface area (Å²) in [6.07, 6.45) is 6.04. The lowest BCUT2D eigenvalue weighted by atomic mass is 9.71. The molecule has 0 aliphatic heterocycles. The van der Waals surface area contributed by atoms with Crippen LogP contribution in [0.15, 0.2) is 0 Å². The average Bonchev–Trinajstić information content (AvgIpc) is 2.44. The van der Waals surface area contributed by atoms with Crippen LogP contribution in [0.3, 0.4) is 0 Å². The van der Waals surface area contributed by atoms with Crippen molar-refractivity contribution < 1.29 is 9.53 Å². The lowest BCUT2D eigenvalue weighted by molar-refractivity contribution is -0.138. The zero-order chi connectivity index (χ0) is 15.2. The fourth-order valence-electron chi connectivity index (χ4n) is 2.77. The van der Waals surface area contributed by atoms with Crippen LogP contribution in [-0.2, 0) is 9.53 Å². The highest BCUT2D eigenvalue weighted by molar-refractivity contribution is 5.77. The lowest BCUT2D eigenvalue weighted by Gasteiger charge is -2.42. The minimum absolute atomic E-state index is 0.0173. The molecule has 3 N–H and O–H groups in total. The Labute approximate surface area is 123 Å². The summed E-state index contributed by atoms with van der Waals surface area (Å²) in [5.74, 6) is -0.0173. The van der Waals surface area contributed by atoms with E-state index in [2.05, 4.69) is 33.0 Å². The van der Waals surface area contributed by atoms with Gasteiger partial charge in [-0.1, -0.05) is 27.7 Å². The van der Waals surface area contributed by atoms with Crippen LogP contribution in [-0.4, -0.2) is 30.7 Å². The van der Waals surface area contributed by atoms with Gasteiger partial charge in [0.15, 0.2) is 0 Å². The molecule has 1 saturated carbocycles. The highest BCUT2D eigenvalue weighted by Crippen LogP contribution is 2.41. The normalized spacial score (nSPS) is 20.9. The summed E-state index contributed by atoms with van der Waals surface area (Å²) < 4.78 is 5.93. The van der Waals surface area contributed by atoms with Gasteiger partial charge in [0.05, 0.1) is 5.60 Å². The number of carbonyl (C=O) groups excluding carboxylic acids is 1. The Kier molecular flexibility index (Phi) is 6.46. The first-order valence-corrected chi connectivity index (χ1v) is 8.00. The molecule has 1 aliphatic rings. The van der Waals surface area contributed by atoms with Gasteiger partial charge >= 0.3 is 0 Å². The third-order valence-corrected chi connectivity index (χ3v) is 4.75. The van der Waals surface area contributed by atoms with Gasteiger partial charge in [-0.05, 0) is 43.9 Å². The van der Waals surface area contributed by atoms with Crippen LogP contribution in [0.2, 0.25) is 0 Å². The zero-order valence-electron chi connectivity index (χ0n) is 13.6. The predicted molar refractivity (Wildman–Crippen MR) is 82.5 cm³/mol. The first kappa shape index (κ1) is 17.4. The number of hydrogen-bond acceptors (Lipinski definition) is 3. The van der Waals surface area contributed by atoms with E-state index in [-0.39, 0.29) is 24.2 Å². The second-order valence-electron chi connectivity index (χ2n) is 6.92. The Balaban J connectivity index is 2.44. The van der Waals surface area contributed by atoms with E-state index in [0.29, 0.717) is 12.0 Å². The second-order valence-corrected chi connectivity index (χ2v) is 6.92. The Hall–Kier alpha value is -0.610. The molecule has 0 unspecified atom stereocenters. The largest absolute Gasteiger partial charge is 0.364 e. The van der Waals surface area contributed by atoms with Crippen molar-refractivity contribution in [3.63, 3.8) is 0 Å². The summed E-state index contributed by atoms with van der Waals surface area (Å²) in [5.41, 5.74) is 5.99. The van der Waals surface area contributed by atoms with Crippen molar-refractivity contribution in [2.75, 3.05) is 13.2 Å². The average molecular weight is 284 g/mol. The van der Waals surface area contributed by atoms with Crippen molar-refractivity contribution in [3.8, 4) is 0 Å². The van der Waals surface area contributed by atoms with Crippen LogP contribution in [0.5, 0.6) is 0 Å². The third-order valence-electron chi connectivity index (χ3n) is 4.75. The van der Waals surface area contributed by atoms with E-state index in [9.17, 15) is 4.79 Å². The molecule has 0 heterocycles. The molecule has 4 heteroatoms. The summed E-state index contributed by atoms with van der Waals surface area (Å²) in [7, 11) is 0. The molecule has 0 aromatic heterocycles. The number of hydrogen-bond donors (Lipinski definition) is 2. The molecule has 1 rings (SSSR count). The van der Waals surface area contributed by atoms with Crippen molar-refractivity contribution in [2.45, 2.75) is 77.9 Å². The van der Waals surface area contributed by atoms with E-state index >= 15 is 0 Å². The fourth-order valence-corrected chi connectivity index (χ4v) is 2.77. The Morgan fingerprint density at radius 3 is 2.20 bits per heavy atom. The van der Waals surface area contributed by atoms with Gasteiger partial charge in [0.1, 0.15) is 6.61 Å². The Morgan fingerprint density at radius 2 is 1.75 bits per heavy atom. The highest BCUT2D eigenvalue weighted by Gasteiger charge is 2.38. The number of amides is 1. The van der Waals surface area contributed by atoms with Crippen molar-refractivity contribution in [2.24, 2.45) is 11.1 Å². The highest BCUT2D eigenvalue weighted by atomic mass is 16.5. The van der Waals surface area contributed by atoms with Gasteiger partial charge in [0.25, 0.3) is 0 Å². The Bertz CT molecular complexity index is 302. The van der Waals surface area contributed by atoms with Crippen LogP contribution in [0.25, 0.3) is 0 Å². The lowest BCUT2D eigenvalue weighted by Crippen LogP contribution is -2.48. The monoisotopic (exact) mass is 284 g/mol. The Morgan fingerprint density at radius 1 is 1.20 bits per heavy atom. The number of rotatable bonds is 7. The zero-order valence-corrected chi connectivity index (χ0v) is 13.6. The number of nitrogens with two attached hydrogens (primary N) is 1. The van der Waals surface area contributed by atoms with E-state index in [1.54, 1.807) is 0 Å². The summed E-state index contributed by atoms with van der Waals surface area (Å²) in [5, 5.41) is 3.01. The maximum Gasteiger partial charge on any atom is 0.246 e. The van der Waals surface area contributed by atoms with Crippen molar-refractivity contribution in [1.82, 2.24) is 5.32 Å². The minimum Gasteiger partial charge on any atom is -0.364 e. The molecule has 1 amide bonds. The molecule has 0 saturated heterocycles. The molecule has 0 bridgehead atoms. The van der Waals surface area contributed by atoms with Crippen LogP contribution in [0.4, 0.5) is 0 Å². The standard InChI is InChI=1S/C16H32N2O2/c1-5-13(6-2)18-14(19)11-20-16(12-17)9-7-15(3,4)8-10-16/h13H,5-12,17H2,1-4H3,(H,18,19). The minimum atomic E-state index is -0.291. The molecule has 118 valence electrons.